The normalized spacial score (nSPS) is 10.4. The van der Waals surface area contributed by atoms with Gasteiger partial charge in [0.25, 0.3) is 0 Å². The van der Waals surface area contributed by atoms with Crippen molar-refractivity contribution in [3.8, 4) is 5.88 Å². The molecule has 4 nitrogen and oxygen atoms in total. The lowest BCUT2D eigenvalue weighted by Gasteiger charge is -2.14. The zero-order valence-electron chi connectivity index (χ0n) is 11.1. The van der Waals surface area contributed by atoms with Crippen molar-refractivity contribution in [2.24, 2.45) is 0 Å². The Kier molecular flexibility index (Phi) is 4.94. The summed E-state index contributed by atoms with van der Waals surface area (Å²) in [6.07, 6.45) is 1.71. The largest absolute Gasteiger partial charge is 0.473 e. The Hall–Kier alpha value is -1.58. The standard InChI is InChI=1S/C13H21N3O/c1-6-8-17-13-10(5)12(14-7-2)15-11(16-13)9(3)4/h6,9H,1,7-8H2,2-5H3,(H,14,15,16). The smallest absolute Gasteiger partial charge is 0.222 e. The van der Waals surface area contributed by atoms with Gasteiger partial charge < -0.3 is 10.1 Å². The molecule has 0 saturated heterocycles. The Bertz CT molecular complexity index is 388. The molecule has 0 aliphatic heterocycles. The number of ether oxygens (including phenoxy) is 1. The highest BCUT2D eigenvalue weighted by Gasteiger charge is 2.13. The van der Waals surface area contributed by atoms with Crippen LogP contribution >= 0.6 is 0 Å². The van der Waals surface area contributed by atoms with E-state index >= 15 is 0 Å². The van der Waals surface area contributed by atoms with Crippen LogP contribution in [-0.2, 0) is 0 Å². The average Bonchev–Trinajstić information content (AvgIpc) is 2.30. The van der Waals surface area contributed by atoms with Crippen LogP contribution in [0.5, 0.6) is 5.88 Å². The molecule has 1 rings (SSSR count). The summed E-state index contributed by atoms with van der Waals surface area (Å²) in [6, 6.07) is 0. The summed E-state index contributed by atoms with van der Waals surface area (Å²) in [7, 11) is 0. The van der Waals surface area contributed by atoms with Crippen LogP contribution in [0.3, 0.4) is 0 Å². The Balaban J connectivity index is 3.12. The Morgan fingerprint density at radius 2 is 2.12 bits per heavy atom. The molecule has 0 unspecified atom stereocenters. The van der Waals surface area contributed by atoms with E-state index in [4.69, 9.17) is 4.74 Å². The lowest BCUT2D eigenvalue weighted by atomic mass is 10.2. The molecule has 94 valence electrons. The molecule has 0 spiro atoms. The summed E-state index contributed by atoms with van der Waals surface area (Å²) in [6.45, 7) is 13.1. The van der Waals surface area contributed by atoms with Crippen LogP contribution in [-0.4, -0.2) is 23.1 Å². The van der Waals surface area contributed by atoms with Crippen LogP contribution in [0.4, 0.5) is 5.82 Å². The van der Waals surface area contributed by atoms with Crippen molar-refractivity contribution in [1.29, 1.82) is 0 Å². The third-order valence-corrected chi connectivity index (χ3v) is 2.32. The first kappa shape index (κ1) is 13.5. The molecule has 17 heavy (non-hydrogen) atoms. The topological polar surface area (TPSA) is 47.0 Å². The third kappa shape index (κ3) is 3.44. The van der Waals surface area contributed by atoms with Crippen LogP contribution in [0, 0.1) is 6.92 Å². The molecule has 0 aliphatic carbocycles. The van der Waals surface area contributed by atoms with Gasteiger partial charge in [0, 0.05) is 12.5 Å². The van der Waals surface area contributed by atoms with Crippen LogP contribution in [0.1, 0.15) is 38.1 Å². The summed E-state index contributed by atoms with van der Waals surface area (Å²) in [5, 5.41) is 3.23. The maximum absolute atomic E-state index is 5.55. The van der Waals surface area contributed by atoms with Gasteiger partial charge in [-0.15, -0.1) is 0 Å². The number of nitrogens with one attached hydrogen (secondary N) is 1. The predicted molar refractivity (Wildman–Crippen MR) is 70.7 cm³/mol. The molecule has 4 heteroatoms. The van der Waals surface area contributed by atoms with Crippen LogP contribution in [0.25, 0.3) is 0 Å². The first-order valence-electron chi connectivity index (χ1n) is 5.96. The van der Waals surface area contributed by atoms with Crippen molar-refractivity contribution < 1.29 is 4.74 Å². The maximum atomic E-state index is 5.55. The maximum Gasteiger partial charge on any atom is 0.222 e. The van der Waals surface area contributed by atoms with Gasteiger partial charge in [-0.25, -0.2) is 4.98 Å². The van der Waals surface area contributed by atoms with Gasteiger partial charge in [0.2, 0.25) is 5.88 Å². The summed E-state index contributed by atoms with van der Waals surface area (Å²) < 4.78 is 5.55. The number of hydrogen-bond acceptors (Lipinski definition) is 4. The second-order valence-corrected chi connectivity index (χ2v) is 4.15. The molecular formula is C13H21N3O. The number of rotatable bonds is 6. The molecule has 1 N–H and O–H groups in total. The van der Waals surface area contributed by atoms with Gasteiger partial charge in [-0.3, -0.25) is 0 Å². The molecule has 0 radical (unpaired) electrons. The minimum absolute atomic E-state index is 0.277. The molecule has 1 aromatic rings. The van der Waals surface area contributed by atoms with Crippen molar-refractivity contribution >= 4 is 5.82 Å². The van der Waals surface area contributed by atoms with E-state index in [1.807, 2.05) is 13.8 Å². The van der Waals surface area contributed by atoms with E-state index in [-0.39, 0.29) is 5.92 Å². The van der Waals surface area contributed by atoms with E-state index in [0.29, 0.717) is 12.5 Å². The van der Waals surface area contributed by atoms with Crippen molar-refractivity contribution in [3.63, 3.8) is 0 Å². The quantitative estimate of drug-likeness (QED) is 0.770. The fourth-order valence-electron chi connectivity index (χ4n) is 1.39. The minimum atomic E-state index is 0.277. The van der Waals surface area contributed by atoms with Crippen LogP contribution in [0.15, 0.2) is 12.7 Å². The predicted octanol–water partition coefficient (Wildman–Crippen LogP) is 2.91. The van der Waals surface area contributed by atoms with Gasteiger partial charge in [-0.2, -0.15) is 4.98 Å². The first-order chi connectivity index (χ1) is 8.10. The van der Waals surface area contributed by atoms with Gasteiger partial charge in [0.15, 0.2) is 0 Å². The van der Waals surface area contributed by atoms with Crippen molar-refractivity contribution in [1.82, 2.24) is 9.97 Å². The molecule has 1 heterocycles. The van der Waals surface area contributed by atoms with Gasteiger partial charge in [0.05, 0.1) is 5.56 Å². The SMILES string of the molecule is C=CCOc1nc(C(C)C)nc(NCC)c1C. The minimum Gasteiger partial charge on any atom is -0.473 e. The van der Waals surface area contributed by atoms with Crippen LogP contribution < -0.4 is 10.1 Å². The lowest BCUT2D eigenvalue weighted by molar-refractivity contribution is 0.343. The number of aromatic nitrogens is 2. The zero-order chi connectivity index (χ0) is 12.8. The fourth-order valence-corrected chi connectivity index (χ4v) is 1.39. The second-order valence-electron chi connectivity index (χ2n) is 4.15. The molecule has 0 amide bonds. The summed E-state index contributed by atoms with van der Waals surface area (Å²) in [5.41, 5.74) is 0.943. The highest BCUT2D eigenvalue weighted by molar-refractivity contribution is 5.48. The molecule has 0 aromatic carbocycles. The average molecular weight is 235 g/mol. The Labute approximate surface area is 103 Å². The molecule has 0 atom stereocenters. The summed E-state index contributed by atoms with van der Waals surface area (Å²) >= 11 is 0. The highest BCUT2D eigenvalue weighted by atomic mass is 16.5. The molecule has 0 aliphatic rings. The van der Waals surface area contributed by atoms with E-state index in [1.165, 1.54) is 0 Å². The molecule has 1 aromatic heterocycles. The number of nitrogens with zero attached hydrogens (tertiary/aromatic N) is 2. The van der Waals surface area contributed by atoms with Crippen molar-refractivity contribution in [3.05, 3.63) is 24.0 Å². The van der Waals surface area contributed by atoms with Crippen LogP contribution in [0.2, 0.25) is 0 Å². The molecule has 0 saturated carbocycles. The molecular weight excluding hydrogens is 214 g/mol. The first-order valence-corrected chi connectivity index (χ1v) is 5.96. The van der Waals surface area contributed by atoms with Gasteiger partial charge in [0.1, 0.15) is 18.2 Å². The lowest BCUT2D eigenvalue weighted by Crippen LogP contribution is -2.10. The molecule has 0 bridgehead atoms. The Morgan fingerprint density at radius 3 is 2.65 bits per heavy atom. The zero-order valence-corrected chi connectivity index (χ0v) is 11.1. The Morgan fingerprint density at radius 1 is 1.41 bits per heavy atom. The van der Waals surface area contributed by atoms with Gasteiger partial charge in [-0.1, -0.05) is 26.5 Å². The van der Waals surface area contributed by atoms with Gasteiger partial charge >= 0.3 is 0 Å². The van der Waals surface area contributed by atoms with E-state index in [1.54, 1.807) is 6.08 Å². The third-order valence-electron chi connectivity index (χ3n) is 2.32. The summed E-state index contributed by atoms with van der Waals surface area (Å²) in [4.78, 5) is 8.93. The molecule has 0 fully saturated rings. The van der Waals surface area contributed by atoms with E-state index in [9.17, 15) is 0 Å². The van der Waals surface area contributed by atoms with Crippen molar-refractivity contribution in [2.75, 3.05) is 18.5 Å². The second kappa shape index (κ2) is 6.23. The highest BCUT2D eigenvalue weighted by Crippen LogP contribution is 2.24. The fraction of sp³-hybridized carbons (Fsp3) is 0.538. The number of hydrogen-bond donors (Lipinski definition) is 1. The summed E-state index contributed by atoms with van der Waals surface area (Å²) in [5.74, 6) is 2.56. The van der Waals surface area contributed by atoms with E-state index in [0.717, 1.165) is 23.8 Å². The number of anilines is 1. The van der Waals surface area contributed by atoms with E-state index < -0.39 is 0 Å². The monoisotopic (exact) mass is 235 g/mol. The van der Waals surface area contributed by atoms with E-state index in [2.05, 4.69) is 35.7 Å². The van der Waals surface area contributed by atoms with Crippen molar-refractivity contribution in [2.45, 2.75) is 33.6 Å². The van der Waals surface area contributed by atoms with Gasteiger partial charge in [-0.05, 0) is 13.8 Å².